The Morgan fingerprint density at radius 1 is 1.45 bits per heavy atom. The van der Waals surface area contributed by atoms with Gasteiger partial charge in [0.15, 0.2) is 11.1 Å². The van der Waals surface area contributed by atoms with Crippen LogP contribution in [0.1, 0.15) is 39.5 Å². The Morgan fingerprint density at radius 2 is 2.09 bits per heavy atom. The van der Waals surface area contributed by atoms with E-state index in [9.17, 15) is 4.21 Å². The van der Waals surface area contributed by atoms with Gasteiger partial charge < -0.3 is 4.55 Å². The standard InChI is InChI=1S/C8H18O2S/c1-3-5-8(2)6-4-7-11(9)10/h8H,3-7H2,1-2H3,(H,9,10). The van der Waals surface area contributed by atoms with E-state index >= 15 is 0 Å². The third kappa shape index (κ3) is 8.01. The van der Waals surface area contributed by atoms with Crippen molar-refractivity contribution in [3.63, 3.8) is 0 Å². The number of hydrogen-bond donors (Lipinski definition) is 1. The summed E-state index contributed by atoms with van der Waals surface area (Å²) in [6.45, 7) is 4.37. The van der Waals surface area contributed by atoms with Crippen LogP contribution in [0.4, 0.5) is 0 Å². The van der Waals surface area contributed by atoms with Gasteiger partial charge in [-0.3, -0.25) is 0 Å². The van der Waals surface area contributed by atoms with E-state index in [0.29, 0.717) is 11.7 Å². The maximum absolute atomic E-state index is 10.2. The van der Waals surface area contributed by atoms with E-state index in [1.54, 1.807) is 0 Å². The molecule has 0 bridgehead atoms. The van der Waals surface area contributed by atoms with Gasteiger partial charge in [-0.15, -0.1) is 0 Å². The molecule has 2 nitrogen and oxygen atoms in total. The van der Waals surface area contributed by atoms with Gasteiger partial charge >= 0.3 is 0 Å². The van der Waals surface area contributed by atoms with Crippen LogP contribution in [0.25, 0.3) is 0 Å². The molecule has 0 saturated heterocycles. The van der Waals surface area contributed by atoms with Gasteiger partial charge in [0, 0.05) is 5.75 Å². The fourth-order valence-corrected chi connectivity index (χ4v) is 1.61. The predicted molar refractivity (Wildman–Crippen MR) is 48.9 cm³/mol. The minimum atomic E-state index is -1.59. The van der Waals surface area contributed by atoms with E-state index in [1.165, 1.54) is 12.8 Å². The average molecular weight is 178 g/mol. The Kier molecular flexibility index (Phi) is 6.87. The molecule has 0 rings (SSSR count). The quantitative estimate of drug-likeness (QED) is 0.634. The van der Waals surface area contributed by atoms with E-state index in [2.05, 4.69) is 13.8 Å². The molecule has 0 aromatic rings. The highest BCUT2D eigenvalue weighted by atomic mass is 32.2. The van der Waals surface area contributed by atoms with Gasteiger partial charge in [0.05, 0.1) is 0 Å². The lowest BCUT2D eigenvalue weighted by molar-refractivity contribution is 0.477. The van der Waals surface area contributed by atoms with Crippen LogP contribution in [0.3, 0.4) is 0 Å². The molecule has 0 fully saturated rings. The second-order valence-electron chi connectivity index (χ2n) is 3.06. The number of rotatable bonds is 6. The van der Waals surface area contributed by atoms with Gasteiger partial charge in [0.25, 0.3) is 0 Å². The van der Waals surface area contributed by atoms with Crippen LogP contribution in [0.15, 0.2) is 0 Å². The lowest BCUT2D eigenvalue weighted by Gasteiger charge is -2.07. The summed E-state index contributed by atoms with van der Waals surface area (Å²) in [4.78, 5) is 0. The van der Waals surface area contributed by atoms with E-state index in [0.717, 1.165) is 12.8 Å². The Balaban J connectivity index is 3.16. The molecule has 0 saturated carbocycles. The molecule has 0 aliphatic heterocycles. The lowest BCUT2D eigenvalue weighted by Crippen LogP contribution is -1.99. The van der Waals surface area contributed by atoms with Crippen LogP contribution in [0.5, 0.6) is 0 Å². The first kappa shape index (κ1) is 11.1. The molecule has 0 aromatic carbocycles. The zero-order valence-corrected chi connectivity index (χ0v) is 8.19. The lowest BCUT2D eigenvalue weighted by atomic mass is 10.0. The first-order valence-electron chi connectivity index (χ1n) is 4.24. The maximum Gasteiger partial charge on any atom is 0.152 e. The van der Waals surface area contributed by atoms with Crippen molar-refractivity contribution in [2.24, 2.45) is 5.92 Å². The molecular formula is C8H18O2S. The van der Waals surface area contributed by atoms with Crippen molar-refractivity contribution in [2.75, 3.05) is 5.75 Å². The van der Waals surface area contributed by atoms with Crippen LogP contribution in [-0.4, -0.2) is 14.5 Å². The SMILES string of the molecule is CCCC(C)CCCS(=O)O. The smallest absolute Gasteiger partial charge is 0.152 e. The van der Waals surface area contributed by atoms with Crippen molar-refractivity contribution < 1.29 is 8.76 Å². The van der Waals surface area contributed by atoms with Gasteiger partial charge in [-0.1, -0.05) is 26.7 Å². The molecule has 0 spiro atoms. The molecule has 2 atom stereocenters. The zero-order valence-electron chi connectivity index (χ0n) is 7.38. The molecular weight excluding hydrogens is 160 g/mol. The second-order valence-corrected chi connectivity index (χ2v) is 4.11. The van der Waals surface area contributed by atoms with Gasteiger partial charge in [-0.25, -0.2) is 4.21 Å². The minimum absolute atomic E-state index is 0.439. The summed E-state index contributed by atoms with van der Waals surface area (Å²) in [5.41, 5.74) is 0. The largest absolute Gasteiger partial charge is 0.306 e. The summed E-state index contributed by atoms with van der Waals surface area (Å²) >= 11 is -1.59. The van der Waals surface area contributed by atoms with Crippen molar-refractivity contribution in [3.8, 4) is 0 Å². The van der Waals surface area contributed by atoms with Crippen LogP contribution < -0.4 is 0 Å². The van der Waals surface area contributed by atoms with E-state index in [-0.39, 0.29) is 0 Å². The van der Waals surface area contributed by atoms with Crippen molar-refractivity contribution in [1.29, 1.82) is 0 Å². The normalized spacial score (nSPS) is 16.3. The summed E-state index contributed by atoms with van der Waals surface area (Å²) in [6, 6.07) is 0. The summed E-state index contributed by atoms with van der Waals surface area (Å²) in [6.07, 6.45) is 4.41. The average Bonchev–Trinajstić information content (AvgIpc) is 1.87. The maximum atomic E-state index is 10.2. The van der Waals surface area contributed by atoms with Crippen LogP contribution in [-0.2, 0) is 11.1 Å². The summed E-state index contributed by atoms with van der Waals surface area (Å²) in [5.74, 6) is 1.15. The fourth-order valence-electron chi connectivity index (χ4n) is 1.19. The Morgan fingerprint density at radius 3 is 2.55 bits per heavy atom. The third-order valence-corrected chi connectivity index (χ3v) is 2.44. The Bertz CT molecular complexity index is 115. The van der Waals surface area contributed by atoms with Crippen molar-refractivity contribution in [2.45, 2.75) is 39.5 Å². The van der Waals surface area contributed by atoms with Crippen LogP contribution in [0.2, 0.25) is 0 Å². The molecule has 2 unspecified atom stereocenters. The van der Waals surface area contributed by atoms with Crippen molar-refractivity contribution in [1.82, 2.24) is 0 Å². The fraction of sp³-hybridized carbons (Fsp3) is 1.00. The highest BCUT2D eigenvalue weighted by molar-refractivity contribution is 7.79. The predicted octanol–water partition coefficient (Wildman–Crippen LogP) is 2.42. The molecule has 0 heterocycles. The molecule has 68 valence electrons. The summed E-state index contributed by atoms with van der Waals surface area (Å²) in [5, 5.41) is 0. The first-order valence-corrected chi connectivity index (χ1v) is 5.51. The van der Waals surface area contributed by atoms with Gasteiger partial charge in [-0.2, -0.15) is 0 Å². The van der Waals surface area contributed by atoms with Crippen molar-refractivity contribution in [3.05, 3.63) is 0 Å². The molecule has 1 N–H and O–H groups in total. The summed E-state index contributed by atoms with van der Waals surface area (Å²) < 4.78 is 18.7. The molecule has 0 amide bonds. The van der Waals surface area contributed by atoms with Crippen LogP contribution in [0, 0.1) is 5.92 Å². The zero-order chi connectivity index (χ0) is 8.69. The van der Waals surface area contributed by atoms with Gasteiger partial charge in [0.2, 0.25) is 0 Å². The highest BCUT2D eigenvalue weighted by Crippen LogP contribution is 2.11. The van der Waals surface area contributed by atoms with Crippen LogP contribution >= 0.6 is 0 Å². The van der Waals surface area contributed by atoms with E-state index < -0.39 is 11.1 Å². The molecule has 0 radical (unpaired) electrons. The monoisotopic (exact) mass is 178 g/mol. The molecule has 3 heteroatoms. The Labute approximate surface area is 71.7 Å². The third-order valence-electron chi connectivity index (χ3n) is 1.80. The van der Waals surface area contributed by atoms with E-state index in [4.69, 9.17) is 4.55 Å². The molecule has 0 aliphatic carbocycles. The molecule has 0 aliphatic rings. The van der Waals surface area contributed by atoms with Gasteiger partial charge in [-0.05, 0) is 18.8 Å². The Hall–Kier alpha value is 0.110. The topological polar surface area (TPSA) is 37.3 Å². The molecule has 11 heavy (non-hydrogen) atoms. The minimum Gasteiger partial charge on any atom is -0.306 e. The highest BCUT2D eigenvalue weighted by Gasteiger charge is 2.01. The molecule has 0 aromatic heterocycles. The van der Waals surface area contributed by atoms with E-state index in [1.807, 2.05) is 0 Å². The van der Waals surface area contributed by atoms with Gasteiger partial charge in [0.1, 0.15) is 0 Å². The number of hydrogen-bond acceptors (Lipinski definition) is 1. The summed E-state index contributed by atoms with van der Waals surface area (Å²) in [7, 11) is 0. The van der Waals surface area contributed by atoms with Crippen molar-refractivity contribution >= 4 is 11.1 Å². The second kappa shape index (κ2) is 6.80. The first-order chi connectivity index (χ1) is 5.16.